The molecule has 94 valence electrons. The highest BCUT2D eigenvalue weighted by Gasteiger charge is 2.17. The van der Waals surface area contributed by atoms with Crippen LogP contribution in [0.5, 0.6) is 0 Å². The van der Waals surface area contributed by atoms with Gasteiger partial charge in [-0.2, -0.15) is 0 Å². The van der Waals surface area contributed by atoms with Crippen molar-refractivity contribution < 1.29 is 4.39 Å². The normalized spacial score (nSPS) is 21.7. The van der Waals surface area contributed by atoms with Crippen molar-refractivity contribution in [3.8, 4) is 0 Å². The van der Waals surface area contributed by atoms with Gasteiger partial charge in [-0.15, -0.1) is 0 Å². The minimum Gasteiger partial charge on any atom is -0.309 e. The maximum atomic E-state index is 13.7. The molecule has 17 heavy (non-hydrogen) atoms. The van der Waals surface area contributed by atoms with Gasteiger partial charge in [0.15, 0.2) is 0 Å². The molecule has 4 heteroatoms. The smallest absolute Gasteiger partial charge is 0.146 e. The van der Waals surface area contributed by atoms with Crippen LogP contribution in [0.1, 0.15) is 18.4 Å². The summed E-state index contributed by atoms with van der Waals surface area (Å²) in [4.78, 5) is 2.30. The Balaban J connectivity index is 1.91. The predicted molar refractivity (Wildman–Crippen MR) is 68.8 cm³/mol. The van der Waals surface area contributed by atoms with Gasteiger partial charge in [0, 0.05) is 24.7 Å². The highest BCUT2D eigenvalue weighted by Crippen LogP contribution is 2.18. The van der Waals surface area contributed by atoms with Crippen LogP contribution in [0.2, 0.25) is 5.02 Å². The lowest BCUT2D eigenvalue weighted by Crippen LogP contribution is -2.43. The first-order chi connectivity index (χ1) is 8.16. The van der Waals surface area contributed by atoms with E-state index in [1.54, 1.807) is 18.2 Å². The van der Waals surface area contributed by atoms with E-state index in [0.29, 0.717) is 18.2 Å². The number of nitrogens with one attached hydrogen (secondary N) is 1. The zero-order chi connectivity index (χ0) is 12.3. The molecule has 1 aliphatic heterocycles. The number of hydrogen-bond acceptors (Lipinski definition) is 2. The third-order valence-electron chi connectivity index (χ3n) is 3.24. The Labute approximate surface area is 107 Å². The second kappa shape index (κ2) is 5.80. The first-order valence-corrected chi connectivity index (χ1v) is 6.39. The van der Waals surface area contributed by atoms with Crippen molar-refractivity contribution in [3.05, 3.63) is 34.6 Å². The Bertz CT molecular complexity index is 384. The Kier molecular flexibility index (Phi) is 4.37. The lowest BCUT2D eigenvalue weighted by Gasteiger charge is -2.30. The molecule has 1 aromatic carbocycles. The average molecular weight is 257 g/mol. The Hall–Kier alpha value is -0.640. The number of piperidine rings is 1. The largest absolute Gasteiger partial charge is 0.309 e. The molecular weight excluding hydrogens is 239 g/mol. The van der Waals surface area contributed by atoms with Crippen molar-refractivity contribution >= 4 is 11.6 Å². The van der Waals surface area contributed by atoms with Crippen molar-refractivity contribution in [2.24, 2.45) is 0 Å². The number of likely N-dealkylation sites (N-methyl/N-ethyl adjacent to an activating group) is 1. The van der Waals surface area contributed by atoms with Gasteiger partial charge in [0.2, 0.25) is 0 Å². The van der Waals surface area contributed by atoms with Gasteiger partial charge in [-0.3, -0.25) is 0 Å². The van der Waals surface area contributed by atoms with Crippen molar-refractivity contribution in [2.75, 3.05) is 20.1 Å². The van der Waals surface area contributed by atoms with E-state index < -0.39 is 0 Å². The van der Waals surface area contributed by atoms with Gasteiger partial charge in [-0.25, -0.2) is 4.39 Å². The number of likely N-dealkylation sites (tertiary alicyclic amines) is 1. The van der Waals surface area contributed by atoms with Crippen LogP contribution in [0.3, 0.4) is 0 Å². The highest BCUT2D eigenvalue weighted by atomic mass is 35.5. The molecule has 0 aromatic heterocycles. The quantitative estimate of drug-likeness (QED) is 0.895. The summed E-state index contributed by atoms with van der Waals surface area (Å²) in [6.45, 7) is 2.73. The van der Waals surface area contributed by atoms with E-state index in [9.17, 15) is 4.39 Å². The van der Waals surface area contributed by atoms with Crippen molar-refractivity contribution in [1.82, 2.24) is 10.2 Å². The van der Waals surface area contributed by atoms with Gasteiger partial charge in [0.25, 0.3) is 0 Å². The van der Waals surface area contributed by atoms with Gasteiger partial charge >= 0.3 is 0 Å². The van der Waals surface area contributed by atoms with Crippen LogP contribution in [0, 0.1) is 5.82 Å². The van der Waals surface area contributed by atoms with Crippen molar-refractivity contribution in [3.63, 3.8) is 0 Å². The molecule has 1 aliphatic rings. The molecule has 0 saturated carbocycles. The van der Waals surface area contributed by atoms with E-state index in [-0.39, 0.29) is 10.8 Å². The zero-order valence-corrected chi connectivity index (χ0v) is 10.8. The number of nitrogens with zero attached hydrogens (tertiary/aromatic N) is 1. The molecular formula is C13H18ClFN2. The third-order valence-corrected chi connectivity index (χ3v) is 3.53. The molecule has 2 nitrogen and oxygen atoms in total. The van der Waals surface area contributed by atoms with Crippen LogP contribution < -0.4 is 5.32 Å². The van der Waals surface area contributed by atoms with Gasteiger partial charge in [0.05, 0.1) is 5.02 Å². The van der Waals surface area contributed by atoms with E-state index in [1.165, 1.54) is 6.42 Å². The van der Waals surface area contributed by atoms with Crippen LogP contribution in [-0.4, -0.2) is 31.1 Å². The Morgan fingerprint density at radius 1 is 1.53 bits per heavy atom. The summed E-state index contributed by atoms with van der Waals surface area (Å²) in [6.07, 6.45) is 2.36. The Morgan fingerprint density at radius 2 is 2.35 bits per heavy atom. The van der Waals surface area contributed by atoms with Crippen LogP contribution in [0.25, 0.3) is 0 Å². The standard InChI is InChI=1S/C13H18ClFN2/c1-17-7-3-5-11(9-17)16-8-10-4-2-6-12(14)13(10)15/h2,4,6,11,16H,3,5,7-9H2,1H3. The molecule has 0 bridgehead atoms. The molecule has 1 saturated heterocycles. The fourth-order valence-electron chi connectivity index (χ4n) is 2.27. The molecule has 1 unspecified atom stereocenters. The van der Waals surface area contributed by atoms with E-state index in [1.807, 2.05) is 0 Å². The summed E-state index contributed by atoms with van der Waals surface area (Å²) >= 11 is 5.75. The molecule has 0 radical (unpaired) electrons. The van der Waals surface area contributed by atoms with Crippen LogP contribution in [0.4, 0.5) is 4.39 Å². The minimum atomic E-state index is -0.300. The topological polar surface area (TPSA) is 15.3 Å². The number of halogens is 2. The summed E-state index contributed by atoms with van der Waals surface area (Å²) in [5, 5.41) is 3.60. The maximum absolute atomic E-state index is 13.7. The SMILES string of the molecule is CN1CCCC(NCc2cccc(Cl)c2F)C1. The summed E-state index contributed by atoms with van der Waals surface area (Å²) < 4.78 is 13.7. The number of rotatable bonds is 3. The molecule has 1 N–H and O–H groups in total. The van der Waals surface area contributed by atoms with E-state index >= 15 is 0 Å². The molecule has 1 fully saturated rings. The van der Waals surface area contributed by atoms with Gasteiger partial charge in [-0.05, 0) is 32.5 Å². The lowest BCUT2D eigenvalue weighted by molar-refractivity contribution is 0.226. The van der Waals surface area contributed by atoms with Gasteiger partial charge in [0.1, 0.15) is 5.82 Å². The molecule has 0 amide bonds. The second-order valence-corrected chi connectivity index (χ2v) is 5.10. The molecule has 2 rings (SSSR count). The highest BCUT2D eigenvalue weighted by molar-refractivity contribution is 6.30. The second-order valence-electron chi connectivity index (χ2n) is 4.70. The van der Waals surface area contributed by atoms with Crippen LogP contribution >= 0.6 is 11.6 Å². The van der Waals surface area contributed by atoms with Gasteiger partial charge in [-0.1, -0.05) is 23.7 Å². The van der Waals surface area contributed by atoms with Crippen molar-refractivity contribution in [1.29, 1.82) is 0 Å². The Morgan fingerprint density at radius 3 is 3.12 bits per heavy atom. The van der Waals surface area contributed by atoms with Gasteiger partial charge < -0.3 is 10.2 Å². The molecule has 0 aliphatic carbocycles. The minimum absolute atomic E-state index is 0.199. The summed E-state index contributed by atoms with van der Waals surface area (Å²) in [7, 11) is 2.12. The van der Waals surface area contributed by atoms with Crippen molar-refractivity contribution in [2.45, 2.75) is 25.4 Å². The molecule has 1 atom stereocenters. The average Bonchev–Trinajstić information content (AvgIpc) is 2.31. The zero-order valence-electron chi connectivity index (χ0n) is 10.0. The lowest BCUT2D eigenvalue weighted by atomic mass is 10.1. The monoisotopic (exact) mass is 256 g/mol. The molecule has 0 spiro atoms. The summed E-state index contributed by atoms with van der Waals surface area (Å²) in [5.74, 6) is -0.300. The number of benzene rings is 1. The molecule has 1 heterocycles. The van der Waals surface area contributed by atoms with E-state index in [2.05, 4.69) is 17.3 Å². The van der Waals surface area contributed by atoms with Crippen LogP contribution in [-0.2, 0) is 6.54 Å². The van der Waals surface area contributed by atoms with E-state index in [0.717, 1.165) is 19.5 Å². The van der Waals surface area contributed by atoms with E-state index in [4.69, 9.17) is 11.6 Å². The summed E-state index contributed by atoms with van der Waals surface area (Å²) in [5.41, 5.74) is 0.644. The third kappa shape index (κ3) is 3.41. The number of hydrogen-bond donors (Lipinski definition) is 1. The fourth-order valence-corrected chi connectivity index (χ4v) is 2.47. The first kappa shape index (κ1) is 12.8. The van der Waals surface area contributed by atoms with Crippen LogP contribution in [0.15, 0.2) is 18.2 Å². The first-order valence-electron chi connectivity index (χ1n) is 6.01. The predicted octanol–water partition coefficient (Wildman–Crippen LogP) is 2.66. The fraction of sp³-hybridized carbons (Fsp3) is 0.538. The maximum Gasteiger partial charge on any atom is 0.146 e. The summed E-state index contributed by atoms with van der Waals surface area (Å²) in [6, 6.07) is 5.59. The molecule has 1 aromatic rings.